The lowest BCUT2D eigenvalue weighted by Crippen LogP contribution is -2.13. The second-order valence-corrected chi connectivity index (χ2v) is 4.27. The maximum atomic E-state index is 11.4. The molecule has 1 aromatic carbocycles. The van der Waals surface area contributed by atoms with Crippen molar-refractivity contribution in [3.05, 3.63) is 59.0 Å². The highest BCUT2D eigenvalue weighted by Crippen LogP contribution is 2.15. The van der Waals surface area contributed by atoms with E-state index < -0.39 is 5.97 Å². The normalized spacial score (nSPS) is 10.5. The Bertz CT molecular complexity index is 563. The SMILES string of the molecule is COC(=O)c1cc(CNOCc2ccccc2)oc1C. The molecule has 0 bridgehead atoms. The number of carbonyl (C=O) groups is 1. The van der Waals surface area contributed by atoms with Gasteiger partial charge in [0.05, 0.1) is 20.3 Å². The molecule has 0 atom stereocenters. The Kier molecular flexibility index (Phi) is 4.92. The summed E-state index contributed by atoms with van der Waals surface area (Å²) in [6.07, 6.45) is 0. The molecule has 20 heavy (non-hydrogen) atoms. The third-order valence-corrected chi connectivity index (χ3v) is 2.80. The topological polar surface area (TPSA) is 60.7 Å². The molecule has 2 aromatic rings. The zero-order valence-corrected chi connectivity index (χ0v) is 11.5. The summed E-state index contributed by atoms with van der Waals surface area (Å²) in [5, 5.41) is 0. The first-order valence-electron chi connectivity index (χ1n) is 6.27. The number of hydrogen-bond donors (Lipinski definition) is 1. The Hall–Kier alpha value is -2.11. The first kappa shape index (κ1) is 14.3. The van der Waals surface area contributed by atoms with Crippen LogP contribution in [-0.4, -0.2) is 13.1 Å². The highest BCUT2D eigenvalue weighted by Gasteiger charge is 2.14. The summed E-state index contributed by atoms with van der Waals surface area (Å²) < 4.78 is 10.1. The van der Waals surface area contributed by atoms with Gasteiger partial charge in [0.25, 0.3) is 0 Å². The molecule has 0 unspecified atom stereocenters. The third-order valence-electron chi connectivity index (χ3n) is 2.80. The van der Waals surface area contributed by atoms with Gasteiger partial charge in [-0.25, -0.2) is 4.79 Å². The Morgan fingerprint density at radius 1 is 1.30 bits per heavy atom. The van der Waals surface area contributed by atoms with Gasteiger partial charge in [0, 0.05) is 0 Å². The van der Waals surface area contributed by atoms with Crippen LogP contribution < -0.4 is 5.48 Å². The molecule has 0 aliphatic heterocycles. The van der Waals surface area contributed by atoms with Gasteiger partial charge in [0.15, 0.2) is 0 Å². The second-order valence-electron chi connectivity index (χ2n) is 4.27. The van der Waals surface area contributed by atoms with E-state index in [2.05, 4.69) is 10.2 Å². The van der Waals surface area contributed by atoms with E-state index in [1.807, 2.05) is 30.3 Å². The van der Waals surface area contributed by atoms with Crippen LogP contribution in [0.15, 0.2) is 40.8 Å². The lowest BCUT2D eigenvalue weighted by Gasteiger charge is -2.04. The number of furan rings is 1. The lowest BCUT2D eigenvalue weighted by molar-refractivity contribution is 0.0200. The van der Waals surface area contributed by atoms with Gasteiger partial charge in [-0.05, 0) is 18.6 Å². The molecular weight excluding hydrogens is 258 g/mol. The van der Waals surface area contributed by atoms with Gasteiger partial charge < -0.3 is 9.15 Å². The number of rotatable bonds is 6. The van der Waals surface area contributed by atoms with Gasteiger partial charge in [-0.2, -0.15) is 5.48 Å². The van der Waals surface area contributed by atoms with Crippen molar-refractivity contribution in [2.24, 2.45) is 0 Å². The summed E-state index contributed by atoms with van der Waals surface area (Å²) in [6, 6.07) is 11.5. The van der Waals surface area contributed by atoms with Crippen LogP contribution in [0, 0.1) is 6.92 Å². The van der Waals surface area contributed by atoms with Crippen molar-refractivity contribution >= 4 is 5.97 Å². The standard InChI is InChI=1S/C15H17NO4/c1-11-14(15(17)18-2)8-13(20-11)9-16-19-10-12-6-4-3-5-7-12/h3-8,16H,9-10H2,1-2H3. The molecule has 0 spiro atoms. The molecule has 0 aliphatic rings. The van der Waals surface area contributed by atoms with E-state index in [1.54, 1.807) is 13.0 Å². The first-order chi connectivity index (χ1) is 9.70. The lowest BCUT2D eigenvalue weighted by atomic mass is 10.2. The molecule has 5 heteroatoms. The summed E-state index contributed by atoms with van der Waals surface area (Å²) >= 11 is 0. The fourth-order valence-corrected chi connectivity index (χ4v) is 1.77. The van der Waals surface area contributed by atoms with E-state index in [-0.39, 0.29) is 0 Å². The van der Waals surface area contributed by atoms with Crippen LogP contribution in [0.25, 0.3) is 0 Å². The summed E-state index contributed by atoms with van der Waals surface area (Å²) in [5.41, 5.74) is 4.31. The Morgan fingerprint density at radius 2 is 2.05 bits per heavy atom. The third kappa shape index (κ3) is 3.69. The minimum absolute atomic E-state index is 0.380. The fraction of sp³-hybridized carbons (Fsp3) is 0.267. The van der Waals surface area contributed by atoms with Crippen molar-refractivity contribution < 1.29 is 18.8 Å². The maximum Gasteiger partial charge on any atom is 0.341 e. The van der Waals surface area contributed by atoms with Gasteiger partial charge in [-0.1, -0.05) is 30.3 Å². The molecule has 106 valence electrons. The van der Waals surface area contributed by atoms with Crippen molar-refractivity contribution in [3.63, 3.8) is 0 Å². The molecule has 1 heterocycles. The van der Waals surface area contributed by atoms with Crippen LogP contribution in [0.3, 0.4) is 0 Å². The fourth-order valence-electron chi connectivity index (χ4n) is 1.77. The number of benzene rings is 1. The molecule has 0 amide bonds. The summed E-state index contributed by atoms with van der Waals surface area (Å²) in [4.78, 5) is 16.8. The average molecular weight is 275 g/mol. The van der Waals surface area contributed by atoms with Crippen LogP contribution in [-0.2, 0) is 22.7 Å². The molecule has 2 rings (SSSR count). The zero-order valence-electron chi connectivity index (χ0n) is 11.5. The van der Waals surface area contributed by atoms with Crippen molar-refractivity contribution in [1.82, 2.24) is 5.48 Å². The molecule has 1 N–H and O–H groups in total. The van der Waals surface area contributed by atoms with E-state index in [0.29, 0.717) is 30.2 Å². The van der Waals surface area contributed by atoms with Crippen LogP contribution >= 0.6 is 0 Å². The predicted octanol–water partition coefficient (Wildman–Crippen LogP) is 2.60. The van der Waals surface area contributed by atoms with Crippen molar-refractivity contribution in [1.29, 1.82) is 0 Å². The molecule has 0 aliphatic carbocycles. The quantitative estimate of drug-likeness (QED) is 0.499. The van der Waals surface area contributed by atoms with Crippen molar-refractivity contribution in [2.75, 3.05) is 7.11 Å². The summed E-state index contributed by atoms with van der Waals surface area (Å²) in [5.74, 6) is 0.760. The Morgan fingerprint density at radius 3 is 2.75 bits per heavy atom. The van der Waals surface area contributed by atoms with E-state index in [4.69, 9.17) is 9.25 Å². The number of esters is 1. The Labute approximate surface area is 117 Å². The van der Waals surface area contributed by atoms with Gasteiger partial charge in [-0.3, -0.25) is 4.84 Å². The number of hydrogen-bond acceptors (Lipinski definition) is 5. The molecule has 0 saturated carbocycles. The van der Waals surface area contributed by atoms with Crippen LogP contribution in [0.2, 0.25) is 0 Å². The smallest absolute Gasteiger partial charge is 0.341 e. The number of methoxy groups -OCH3 is 1. The van der Waals surface area contributed by atoms with Gasteiger partial charge in [0.1, 0.15) is 17.1 Å². The predicted molar refractivity (Wildman–Crippen MR) is 72.9 cm³/mol. The molecular formula is C15H17NO4. The number of nitrogens with one attached hydrogen (secondary N) is 1. The minimum atomic E-state index is -0.400. The van der Waals surface area contributed by atoms with Crippen LogP contribution in [0.4, 0.5) is 0 Å². The second kappa shape index (κ2) is 6.88. The van der Waals surface area contributed by atoms with Gasteiger partial charge >= 0.3 is 5.97 Å². The maximum absolute atomic E-state index is 11.4. The highest BCUT2D eigenvalue weighted by atomic mass is 16.6. The zero-order chi connectivity index (χ0) is 14.4. The van der Waals surface area contributed by atoms with E-state index in [1.165, 1.54) is 7.11 Å². The number of hydroxylamine groups is 1. The first-order valence-corrected chi connectivity index (χ1v) is 6.27. The monoisotopic (exact) mass is 275 g/mol. The molecule has 5 nitrogen and oxygen atoms in total. The van der Waals surface area contributed by atoms with E-state index in [9.17, 15) is 4.79 Å². The Balaban J connectivity index is 1.81. The van der Waals surface area contributed by atoms with Crippen molar-refractivity contribution in [3.8, 4) is 0 Å². The minimum Gasteiger partial charge on any atom is -0.465 e. The van der Waals surface area contributed by atoms with Crippen LogP contribution in [0.5, 0.6) is 0 Å². The number of ether oxygens (including phenoxy) is 1. The van der Waals surface area contributed by atoms with Crippen LogP contribution in [0.1, 0.15) is 27.4 Å². The number of aryl methyl sites for hydroxylation is 1. The summed E-state index contributed by atoms with van der Waals surface area (Å²) in [6.45, 7) is 2.57. The highest BCUT2D eigenvalue weighted by molar-refractivity contribution is 5.90. The molecule has 0 radical (unpaired) electrons. The van der Waals surface area contributed by atoms with Crippen molar-refractivity contribution in [2.45, 2.75) is 20.1 Å². The van der Waals surface area contributed by atoms with E-state index >= 15 is 0 Å². The largest absolute Gasteiger partial charge is 0.465 e. The van der Waals surface area contributed by atoms with E-state index in [0.717, 1.165) is 5.56 Å². The molecule has 1 aromatic heterocycles. The molecule has 0 fully saturated rings. The van der Waals surface area contributed by atoms with Gasteiger partial charge in [0.2, 0.25) is 0 Å². The summed E-state index contributed by atoms with van der Waals surface area (Å²) in [7, 11) is 1.34. The number of carbonyl (C=O) groups excluding carboxylic acids is 1. The average Bonchev–Trinajstić information content (AvgIpc) is 2.85. The van der Waals surface area contributed by atoms with Gasteiger partial charge in [-0.15, -0.1) is 0 Å². The molecule has 0 saturated heterocycles.